The predicted octanol–water partition coefficient (Wildman–Crippen LogP) is 4.71. The summed E-state index contributed by atoms with van der Waals surface area (Å²) < 4.78 is 18.0. The van der Waals surface area contributed by atoms with Gasteiger partial charge < -0.3 is 30.1 Å². The summed E-state index contributed by atoms with van der Waals surface area (Å²) in [6.07, 6.45) is 6.24. The molecule has 5 aromatic rings. The second kappa shape index (κ2) is 12.1. The number of aryl methyl sites for hydroxylation is 1. The molecule has 4 N–H and O–H groups in total. The fourth-order valence-corrected chi connectivity index (χ4v) is 6.09. The fraction of sp³-hybridized carbons (Fsp3) is 0.306. The fourth-order valence-electron chi connectivity index (χ4n) is 6.09. The third-order valence-electron chi connectivity index (χ3n) is 8.94. The van der Waals surface area contributed by atoms with Gasteiger partial charge >= 0.3 is 0 Å². The molecule has 0 spiro atoms. The van der Waals surface area contributed by atoms with Crippen molar-refractivity contribution in [3.8, 4) is 16.8 Å². The number of hydrogen-bond donors (Lipinski definition) is 4. The summed E-state index contributed by atoms with van der Waals surface area (Å²) >= 11 is 0. The number of anilines is 3. The van der Waals surface area contributed by atoms with E-state index in [4.69, 9.17) is 0 Å². The number of hydrogen-bond acceptors (Lipinski definition) is 8. The van der Waals surface area contributed by atoms with E-state index in [0.717, 1.165) is 24.8 Å². The summed E-state index contributed by atoms with van der Waals surface area (Å²) in [6.45, 7) is 5.95. The van der Waals surface area contributed by atoms with Crippen LogP contribution in [0.1, 0.15) is 44.7 Å². The number of nitrogens with zero attached hydrogens (tertiary/aromatic N) is 4. The van der Waals surface area contributed by atoms with E-state index in [1.54, 1.807) is 75.8 Å². The molecule has 0 unspecified atom stereocenters. The second-order valence-electron chi connectivity index (χ2n) is 13.0. The van der Waals surface area contributed by atoms with Crippen molar-refractivity contribution in [3.05, 3.63) is 111 Å². The number of nitrogens with one attached hydrogen (secondary N) is 1. The molecule has 3 aromatic heterocycles. The van der Waals surface area contributed by atoms with Gasteiger partial charge in [-0.3, -0.25) is 14.2 Å². The van der Waals surface area contributed by atoms with Crippen molar-refractivity contribution in [2.45, 2.75) is 51.4 Å². The van der Waals surface area contributed by atoms with E-state index in [-0.39, 0.29) is 16.6 Å². The van der Waals surface area contributed by atoms with Gasteiger partial charge in [0.1, 0.15) is 17.3 Å². The van der Waals surface area contributed by atoms with Crippen molar-refractivity contribution < 1.29 is 19.7 Å². The molecule has 0 saturated carbocycles. The number of aliphatic hydroxyl groups excluding tert-OH is 1. The Kier molecular flexibility index (Phi) is 8.25. The molecule has 1 aliphatic rings. The van der Waals surface area contributed by atoms with Crippen LogP contribution in [0, 0.1) is 5.82 Å². The Labute approximate surface area is 271 Å². The first kappa shape index (κ1) is 32.1. The molecule has 11 heteroatoms. The van der Waals surface area contributed by atoms with Crippen molar-refractivity contribution >= 4 is 28.0 Å². The third-order valence-corrected chi connectivity index (χ3v) is 8.94. The Hall–Kier alpha value is -4.84. The van der Waals surface area contributed by atoms with E-state index in [0.29, 0.717) is 52.0 Å². The Morgan fingerprint density at radius 1 is 1.04 bits per heavy atom. The van der Waals surface area contributed by atoms with Crippen LogP contribution in [0.25, 0.3) is 27.6 Å². The van der Waals surface area contributed by atoms with Crippen LogP contribution in [0.2, 0.25) is 0 Å². The van der Waals surface area contributed by atoms with Gasteiger partial charge in [-0.05, 0) is 92.6 Å². The molecule has 0 atom stereocenters. The van der Waals surface area contributed by atoms with Crippen molar-refractivity contribution in [1.29, 1.82) is 0 Å². The maximum atomic E-state index is 15.3. The predicted molar refractivity (Wildman–Crippen MR) is 181 cm³/mol. The topological polar surface area (TPSA) is 133 Å². The SMILES string of the molecule is Cn1cc(-c2cccc(-n3ccc4cc(C(C)(C)O)cc(F)c4c3=O)c2CO)cc(Nc2ccc(N3CCC(C)(O)CC3)cn2)c1=O. The van der Waals surface area contributed by atoms with Crippen molar-refractivity contribution in [2.75, 3.05) is 23.3 Å². The highest BCUT2D eigenvalue weighted by Gasteiger charge is 2.27. The lowest BCUT2D eigenvalue weighted by Gasteiger charge is -2.37. The standard InChI is InChI=1S/C36H38FN5O5/c1-35(2,46)24-16-22-10-13-42(34(45)32(22)28(37)18-24)30-7-5-6-26(27(30)21-43)23-17-29(33(44)40(4)20-23)39-31-9-8-25(19-38-31)41-14-11-36(3,47)12-15-41/h5-10,13,16-20,43,46-47H,11-12,14-15,21H2,1-4H3,(H,38,39). The smallest absolute Gasteiger partial charge is 0.274 e. The zero-order chi connectivity index (χ0) is 33.7. The van der Waals surface area contributed by atoms with Crippen LogP contribution in [-0.4, -0.2) is 48.1 Å². The molecule has 4 heterocycles. The van der Waals surface area contributed by atoms with Gasteiger partial charge in [-0.1, -0.05) is 12.1 Å². The van der Waals surface area contributed by atoms with Gasteiger partial charge in [-0.15, -0.1) is 0 Å². The Morgan fingerprint density at radius 2 is 1.79 bits per heavy atom. The Balaban J connectivity index is 1.35. The molecule has 2 aromatic carbocycles. The first-order chi connectivity index (χ1) is 22.3. The molecule has 47 heavy (non-hydrogen) atoms. The number of halogens is 1. The van der Waals surface area contributed by atoms with Gasteiger partial charge in [0.25, 0.3) is 11.1 Å². The lowest BCUT2D eigenvalue weighted by atomic mass is 9.94. The number of aliphatic hydroxyl groups is 3. The minimum absolute atomic E-state index is 0.130. The summed E-state index contributed by atoms with van der Waals surface area (Å²) in [5.74, 6) is -0.277. The third kappa shape index (κ3) is 6.29. The van der Waals surface area contributed by atoms with Gasteiger partial charge in [-0.2, -0.15) is 0 Å². The van der Waals surface area contributed by atoms with Crippen LogP contribution < -0.4 is 21.3 Å². The van der Waals surface area contributed by atoms with E-state index in [9.17, 15) is 24.9 Å². The summed E-state index contributed by atoms with van der Waals surface area (Å²) in [4.78, 5) is 33.5. The average molecular weight is 640 g/mol. The minimum Gasteiger partial charge on any atom is -0.392 e. The first-order valence-electron chi connectivity index (χ1n) is 15.5. The van der Waals surface area contributed by atoms with Crippen molar-refractivity contribution in [2.24, 2.45) is 7.05 Å². The van der Waals surface area contributed by atoms with Gasteiger partial charge in [0.15, 0.2) is 0 Å². The molecular formula is C36H38FN5O5. The monoisotopic (exact) mass is 639 g/mol. The minimum atomic E-state index is -1.29. The summed E-state index contributed by atoms with van der Waals surface area (Å²) in [7, 11) is 1.62. The zero-order valence-corrected chi connectivity index (χ0v) is 26.8. The van der Waals surface area contributed by atoms with Crippen LogP contribution in [0.15, 0.2) is 82.8 Å². The molecule has 1 fully saturated rings. The molecule has 6 rings (SSSR count). The highest BCUT2D eigenvalue weighted by atomic mass is 19.1. The Bertz CT molecular complexity index is 2090. The van der Waals surface area contributed by atoms with Gasteiger partial charge in [0.2, 0.25) is 0 Å². The molecule has 244 valence electrons. The number of benzene rings is 2. The summed E-state index contributed by atoms with van der Waals surface area (Å²) in [5.41, 5.74) is 0.663. The maximum Gasteiger partial charge on any atom is 0.274 e. The lowest BCUT2D eigenvalue weighted by Crippen LogP contribution is -2.42. The molecular weight excluding hydrogens is 601 g/mol. The molecule has 0 aliphatic carbocycles. The number of piperidine rings is 1. The normalized spacial score (nSPS) is 14.9. The lowest BCUT2D eigenvalue weighted by molar-refractivity contribution is 0.0351. The van der Waals surface area contributed by atoms with E-state index in [1.165, 1.54) is 15.3 Å². The molecule has 0 amide bonds. The molecule has 10 nitrogen and oxygen atoms in total. The van der Waals surface area contributed by atoms with E-state index >= 15 is 4.39 Å². The summed E-state index contributed by atoms with van der Waals surface area (Å²) in [6, 6.07) is 14.9. The number of pyridine rings is 3. The molecule has 1 aliphatic heterocycles. The Morgan fingerprint density at radius 3 is 2.45 bits per heavy atom. The van der Waals surface area contributed by atoms with Crippen molar-refractivity contribution in [3.63, 3.8) is 0 Å². The highest BCUT2D eigenvalue weighted by Crippen LogP contribution is 2.31. The maximum absolute atomic E-state index is 15.3. The van der Waals surface area contributed by atoms with E-state index in [2.05, 4.69) is 15.2 Å². The summed E-state index contributed by atoms with van der Waals surface area (Å²) in [5, 5.41) is 34.6. The van der Waals surface area contributed by atoms with Gasteiger partial charge in [0, 0.05) is 43.7 Å². The quantitative estimate of drug-likeness (QED) is 0.202. The van der Waals surface area contributed by atoms with Crippen molar-refractivity contribution in [1.82, 2.24) is 14.1 Å². The van der Waals surface area contributed by atoms with Crippen LogP contribution in [0.4, 0.5) is 21.6 Å². The average Bonchev–Trinajstić information content (AvgIpc) is 3.02. The van der Waals surface area contributed by atoms with Gasteiger partial charge in [0.05, 0.1) is 40.8 Å². The largest absolute Gasteiger partial charge is 0.392 e. The number of aromatic nitrogens is 3. The van der Waals surface area contributed by atoms with Crippen LogP contribution in [-0.2, 0) is 19.3 Å². The first-order valence-corrected chi connectivity index (χ1v) is 15.5. The molecule has 1 saturated heterocycles. The molecule has 0 bridgehead atoms. The highest BCUT2D eigenvalue weighted by molar-refractivity contribution is 5.84. The molecule has 0 radical (unpaired) electrons. The van der Waals surface area contributed by atoms with Gasteiger partial charge in [-0.25, -0.2) is 9.37 Å². The van der Waals surface area contributed by atoms with E-state index < -0.39 is 29.2 Å². The zero-order valence-electron chi connectivity index (χ0n) is 26.8. The van der Waals surface area contributed by atoms with Crippen LogP contribution >= 0.6 is 0 Å². The second-order valence-corrected chi connectivity index (χ2v) is 13.0. The van der Waals surface area contributed by atoms with E-state index in [1.807, 2.05) is 13.0 Å². The number of rotatable bonds is 7. The van der Waals surface area contributed by atoms with Crippen LogP contribution in [0.3, 0.4) is 0 Å². The van der Waals surface area contributed by atoms with Crippen LogP contribution in [0.5, 0.6) is 0 Å². The number of fused-ring (bicyclic) bond motifs is 1.